The minimum Gasteiger partial charge on any atom is -0.368 e. The van der Waals surface area contributed by atoms with Gasteiger partial charge in [-0.3, -0.25) is 9.97 Å². The zero-order valence-electron chi connectivity index (χ0n) is 19.0. The van der Waals surface area contributed by atoms with Crippen LogP contribution in [0.5, 0.6) is 0 Å². The summed E-state index contributed by atoms with van der Waals surface area (Å²) in [6.07, 6.45) is 6.09. The first kappa shape index (κ1) is 21.7. The number of nitrogens with zero attached hydrogens (tertiary/aromatic N) is 4. The molecule has 0 radical (unpaired) electrons. The van der Waals surface area contributed by atoms with Crippen LogP contribution in [0.15, 0.2) is 91.4 Å². The van der Waals surface area contributed by atoms with Gasteiger partial charge >= 0.3 is 0 Å². The first-order chi connectivity index (χ1) is 16.7. The number of rotatable bonds is 7. The highest BCUT2D eigenvalue weighted by Gasteiger charge is 2.16. The van der Waals surface area contributed by atoms with E-state index < -0.39 is 0 Å². The molecule has 0 aliphatic heterocycles. The number of fused-ring (bicyclic) bond motifs is 1. The molecule has 0 aliphatic rings. The van der Waals surface area contributed by atoms with Gasteiger partial charge in [0, 0.05) is 47.7 Å². The molecular formula is C28H26N6. The van der Waals surface area contributed by atoms with Crippen molar-refractivity contribution in [3.63, 3.8) is 0 Å². The summed E-state index contributed by atoms with van der Waals surface area (Å²) in [6.45, 7) is 2.67. The van der Waals surface area contributed by atoms with Gasteiger partial charge in [0.15, 0.2) is 5.82 Å². The first-order valence-electron chi connectivity index (χ1n) is 11.4. The molecular weight excluding hydrogens is 420 g/mol. The van der Waals surface area contributed by atoms with Crippen molar-refractivity contribution in [3.8, 4) is 22.6 Å². The molecule has 0 saturated carbocycles. The summed E-state index contributed by atoms with van der Waals surface area (Å²) in [6, 6.07) is 24.2. The van der Waals surface area contributed by atoms with E-state index in [9.17, 15) is 0 Å². The average Bonchev–Trinajstić information content (AvgIpc) is 2.88. The fourth-order valence-electron chi connectivity index (χ4n) is 4.07. The van der Waals surface area contributed by atoms with Crippen LogP contribution in [0.25, 0.3) is 33.5 Å². The molecule has 5 rings (SSSR count). The van der Waals surface area contributed by atoms with Gasteiger partial charge in [0.2, 0.25) is 0 Å². The largest absolute Gasteiger partial charge is 0.368 e. The summed E-state index contributed by atoms with van der Waals surface area (Å²) in [5.74, 6) is 1.37. The molecule has 0 aliphatic carbocycles. The minimum absolute atomic E-state index is 0.0607. The third kappa shape index (κ3) is 4.63. The number of aryl methyl sites for hydroxylation is 1. The van der Waals surface area contributed by atoms with Gasteiger partial charge in [0.05, 0.1) is 5.69 Å². The molecule has 0 bridgehead atoms. The molecule has 2 aromatic carbocycles. The second kappa shape index (κ2) is 9.77. The van der Waals surface area contributed by atoms with E-state index in [1.54, 1.807) is 12.4 Å². The van der Waals surface area contributed by atoms with Crippen molar-refractivity contribution in [1.29, 1.82) is 0 Å². The first-order valence-corrected chi connectivity index (χ1v) is 11.4. The molecule has 0 amide bonds. The fraction of sp³-hybridized carbons (Fsp3) is 0.143. The lowest BCUT2D eigenvalue weighted by Crippen LogP contribution is -2.31. The standard InChI is InChI=1S/C28H26N6/c1-19-7-5-6-10-23(19)25-26-24(13-16-31-25)28(34-27(33-26)21-11-14-30-15-12-21)32-18-22(29)17-20-8-3-2-4-9-20/h2-16,22H,17-18,29H2,1H3,(H,32,33,34)/t22-/m0/s1. The summed E-state index contributed by atoms with van der Waals surface area (Å²) in [4.78, 5) is 18.7. The molecule has 0 saturated heterocycles. The van der Waals surface area contributed by atoms with Gasteiger partial charge in [0.1, 0.15) is 11.3 Å². The number of anilines is 1. The van der Waals surface area contributed by atoms with E-state index in [0.717, 1.165) is 45.5 Å². The van der Waals surface area contributed by atoms with E-state index in [1.807, 2.05) is 54.7 Å². The summed E-state index contributed by atoms with van der Waals surface area (Å²) in [7, 11) is 0. The van der Waals surface area contributed by atoms with Crippen LogP contribution in [0.4, 0.5) is 5.82 Å². The second-order valence-corrected chi connectivity index (χ2v) is 8.33. The van der Waals surface area contributed by atoms with Crippen LogP contribution >= 0.6 is 0 Å². The predicted octanol–water partition coefficient (Wildman–Crippen LogP) is 5.04. The smallest absolute Gasteiger partial charge is 0.162 e. The van der Waals surface area contributed by atoms with Gasteiger partial charge in [-0.05, 0) is 42.7 Å². The summed E-state index contributed by atoms with van der Waals surface area (Å²) in [5, 5.41) is 4.41. The van der Waals surface area contributed by atoms with Crippen LogP contribution in [0, 0.1) is 6.92 Å². The average molecular weight is 447 g/mol. The SMILES string of the molecule is Cc1ccccc1-c1nccc2c(NC[C@@H](N)Cc3ccccc3)nc(-c3ccncc3)nc12. The van der Waals surface area contributed by atoms with E-state index in [1.165, 1.54) is 5.56 Å². The molecule has 0 unspecified atom stereocenters. The Morgan fingerprint density at radius 3 is 2.41 bits per heavy atom. The predicted molar refractivity (Wildman–Crippen MR) is 137 cm³/mol. The lowest BCUT2D eigenvalue weighted by molar-refractivity contribution is 0.698. The molecule has 5 aromatic rings. The summed E-state index contributed by atoms with van der Waals surface area (Å²) >= 11 is 0. The van der Waals surface area contributed by atoms with E-state index >= 15 is 0 Å². The molecule has 168 valence electrons. The maximum atomic E-state index is 6.46. The van der Waals surface area contributed by atoms with Crippen molar-refractivity contribution in [3.05, 3.63) is 103 Å². The summed E-state index contributed by atoms with van der Waals surface area (Å²) < 4.78 is 0. The van der Waals surface area contributed by atoms with Crippen molar-refractivity contribution in [2.45, 2.75) is 19.4 Å². The molecule has 3 aromatic heterocycles. The van der Waals surface area contributed by atoms with Crippen molar-refractivity contribution >= 4 is 16.7 Å². The molecule has 3 heterocycles. The van der Waals surface area contributed by atoms with Gasteiger partial charge < -0.3 is 11.1 Å². The molecule has 1 atom stereocenters. The van der Waals surface area contributed by atoms with Crippen LogP contribution in [0.2, 0.25) is 0 Å². The quantitative estimate of drug-likeness (QED) is 0.364. The number of nitrogens with two attached hydrogens (primary N) is 1. The van der Waals surface area contributed by atoms with Gasteiger partial charge in [0.25, 0.3) is 0 Å². The number of aromatic nitrogens is 4. The molecule has 3 N–H and O–H groups in total. The fourth-order valence-corrected chi connectivity index (χ4v) is 4.07. The van der Waals surface area contributed by atoms with Crippen molar-refractivity contribution in [2.75, 3.05) is 11.9 Å². The third-order valence-corrected chi connectivity index (χ3v) is 5.83. The van der Waals surface area contributed by atoms with Gasteiger partial charge in [-0.15, -0.1) is 0 Å². The molecule has 0 fully saturated rings. The third-order valence-electron chi connectivity index (χ3n) is 5.83. The maximum absolute atomic E-state index is 6.46. The Hall–Kier alpha value is -4.16. The van der Waals surface area contributed by atoms with Gasteiger partial charge in [-0.1, -0.05) is 54.6 Å². The number of hydrogen-bond acceptors (Lipinski definition) is 6. The Labute approximate surface area is 199 Å². The van der Waals surface area contributed by atoms with E-state index in [-0.39, 0.29) is 6.04 Å². The van der Waals surface area contributed by atoms with Crippen molar-refractivity contribution in [1.82, 2.24) is 19.9 Å². The highest BCUT2D eigenvalue weighted by atomic mass is 15.0. The zero-order valence-corrected chi connectivity index (χ0v) is 19.0. The zero-order chi connectivity index (χ0) is 23.3. The van der Waals surface area contributed by atoms with Crippen LogP contribution in [-0.2, 0) is 6.42 Å². The molecule has 0 spiro atoms. The number of hydrogen-bond donors (Lipinski definition) is 2. The maximum Gasteiger partial charge on any atom is 0.162 e. The monoisotopic (exact) mass is 446 g/mol. The highest BCUT2D eigenvalue weighted by molar-refractivity contribution is 5.98. The Kier molecular flexibility index (Phi) is 6.23. The lowest BCUT2D eigenvalue weighted by atomic mass is 10.0. The van der Waals surface area contributed by atoms with Gasteiger partial charge in [-0.2, -0.15) is 0 Å². The van der Waals surface area contributed by atoms with Crippen molar-refractivity contribution in [2.24, 2.45) is 5.73 Å². The highest BCUT2D eigenvalue weighted by Crippen LogP contribution is 2.32. The summed E-state index contributed by atoms with van der Waals surface area (Å²) in [5.41, 5.74) is 12.4. The Morgan fingerprint density at radius 1 is 0.853 bits per heavy atom. The second-order valence-electron chi connectivity index (χ2n) is 8.33. The van der Waals surface area contributed by atoms with E-state index in [0.29, 0.717) is 12.4 Å². The van der Waals surface area contributed by atoms with E-state index in [4.69, 9.17) is 20.7 Å². The van der Waals surface area contributed by atoms with E-state index in [2.05, 4.69) is 41.5 Å². The van der Waals surface area contributed by atoms with Gasteiger partial charge in [-0.25, -0.2) is 9.97 Å². The number of benzene rings is 2. The Morgan fingerprint density at radius 2 is 1.62 bits per heavy atom. The van der Waals surface area contributed by atoms with Crippen LogP contribution < -0.4 is 11.1 Å². The number of nitrogens with one attached hydrogen (secondary N) is 1. The minimum atomic E-state index is -0.0607. The number of pyridine rings is 2. The van der Waals surface area contributed by atoms with Crippen molar-refractivity contribution < 1.29 is 0 Å². The van der Waals surface area contributed by atoms with Crippen LogP contribution in [0.3, 0.4) is 0 Å². The van der Waals surface area contributed by atoms with Crippen LogP contribution in [0.1, 0.15) is 11.1 Å². The molecule has 6 heteroatoms. The van der Waals surface area contributed by atoms with Crippen LogP contribution in [-0.4, -0.2) is 32.5 Å². The molecule has 6 nitrogen and oxygen atoms in total. The normalized spacial score (nSPS) is 11.9. The topological polar surface area (TPSA) is 89.6 Å². The molecule has 34 heavy (non-hydrogen) atoms. The Balaban J connectivity index is 1.56. The Bertz CT molecular complexity index is 1400. The lowest BCUT2D eigenvalue weighted by Gasteiger charge is -2.16.